The van der Waals surface area contributed by atoms with Gasteiger partial charge in [-0.15, -0.1) is 0 Å². The van der Waals surface area contributed by atoms with Crippen molar-refractivity contribution in [1.29, 1.82) is 0 Å². The van der Waals surface area contributed by atoms with Crippen LogP contribution >= 0.6 is 0 Å². The molecule has 0 unspecified atom stereocenters. The fourth-order valence-electron chi connectivity index (χ4n) is 2.10. The highest BCUT2D eigenvalue weighted by atomic mass is 16.1. The van der Waals surface area contributed by atoms with E-state index in [1.807, 2.05) is 6.07 Å². The number of H-pyrrole nitrogens is 1. The van der Waals surface area contributed by atoms with Crippen LogP contribution in [-0.4, -0.2) is 21.9 Å². The molecule has 0 radical (unpaired) electrons. The van der Waals surface area contributed by atoms with Gasteiger partial charge in [-0.3, -0.25) is 14.7 Å². The largest absolute Gasteiger partial charge is 0.322 e. The van der Waals surface area contributed by atoms with E-state index in [0.29, 0.717) is 16.8 Å². The van der Waals surface area contributed by atoms with Crippen LogP contribution in [-0.2, 0) is 0 Å². The first-order valence-electron chi connectivity index (χ1n) is 6.49. The number of rotatable bonds is 3. The molecule has 5 heteroatoms. The quantitative estimate of drug-likeness (QED) is 0.724. The van der Waals surface area contributed by atoms with E-state index >= 15 is 0 Å². The summed E-state index contributed by atoms with van der Waals surface area (Å²) in [6, 6.07) is 12.2. The number of carbonyl (C=O) groups is 2. The number of benzene rings is 2. The zero-order valence-corrected chi connectivity index (χ0v) is 11.4. The molecule has 3 rings (SSSR count). The maximum Gasteiger partial charge on any atom is 0.255 e. The van der Waals surface area contributed by atoms with E-state index in [0.717, 1.165) is 10.9 Å². The average Bonchev–Trinajstić information content (AvgIpc) is 2.94. The fourth-order valence-corrected chi connectivity index (χ4v) is 2.10. The van der Waals surface area contributed by atoms with Gasteiger partial charge in [-0.1, -0.05) is 18.2 Å². The lowest BCUT2D eigenvalue weighted by molar-refractivity contribution is 0.101. The summed E-state index contributed by atoms with van der Waals surface area (Å²) in [5, 5.41) is 10.5. The smallest absolute Gasteiger partial charge is 0.255 e. The van der Waals surface area contributed by atoms with Crippen LogP contribution in [0.3, 0.4) is 0 Å². The molecule has 0 aliphatic rings. The molecule has 3 aromatic rings. The Labute approximate surface area is 121 Å². The van der Waals surface area contributed by atoms with E-state index in [1.54, 1.807) is 42.6 Å². The maximum absolute atomic E-state index is 12.2. The maximum atomic E-state index is 12.2. The van der Waals surface area contributed by atoms with Crippen molar-refractivity contribution in [2.45, 2.75) is 6.92 Å². The molecule has 0 bridgehead atoms. The van der Waals surface area contributed by atoms with Gasteiger partial charge in [-0.2, -0.15) is 5.10 Å². The molecule has 0 aliphatic carbocycles. The van der Waals surface area contributed by atoms with Crippen molar-refractivity contribution < 1.29 is 9.59 Å². The lowest BCUT2D eigenvalue weighted by atomic mass is 10.1. The van der Waals surface area contributed by atoms with Gasteiger partial charge in [0.2, 0.25) is 0 Å². The number of hydrogen-bond donors (Lipinski definition) is 2. The SMILES string of the molecule is CC(=O)c1cccc(NC(=O)c2ccc3cn[nH]c3c2)c1. The monoisotopic (exact) mass is 279 g/mol. The van der Waals surface area contributed by atoms with Crippen LogP contribution in [0.1, 0.15) is 27.6 Å². The number of hydrogen-bond acceptors (Lipinski definition) is 3. The molecule has 0 spiro atoms. The standard InChI is InChI=1S/C16H13N3O2/c1-10(20)11-3-2-4-14(7-11)18-16(21)12-5-6-13-9-17-19-15(13)8-12/h2-9H,1H3,(H,17,19)(H,18,21). The van der Waals surface area contributed by atoms with Gasteiger partial charge in [0.25, 0.3) is 5.91 Å². The first-order valence-corrected chi connectivity index (χ1v) is 6.49. The molecule has 5 nitrogen and oxygen atoms in total. The minimum absolute atomic E-state index is 0.0371. The van der Waals surface area contributed by atoms with Crippen molar-refractivity contribution in [2.75, 3.05) is 5.32 Å². The summed E-state index contributed by atoms with van der Waals surface area (Å²) >= 11 is 0. The van der Waals surface area contributed by atoms with Gasteiger partial charge in [0, 0.05) is 22.2 Å². The molecule has 0 saturated heterocycles. The van der Waals surface area contributed by atoms with Crippen LogP contribution in [0, 0.1) is 0 Å². The first-order chi connectivity index (χ1) is 10.1. The Morgan fingerprint density at radius 3 is 2.76 bits per heavy atom. The van der Waals surface area contributed by atoms with Gasteiger partial charge < -0.3 is 5.32 Å². The van der Waals surface area contributed by atoms with Crippen molar-refractivity contribution in [2.24, 2.45) is 0 Å². The predicted molar refractivity (Wildman–Crippen MR) is 80.5 cm³/mol. The third kappa shape index (κ3) is 2.67. The highest BCUT2D eigenvalue weighted by Gasteiger charge is 2.08. The lowest BCUT2D eigenvalue weighted by Crippen LogP contribution is -2.12. The number of aromatic nitrogens is 2. The van der Waals surface area contributed by atoms with Crippen LogP contribution in [0.25, 0.3) is 10.9 Å². The molecule has 2 aromatic carbocycles. The summed E-state index contributed by atoms with van der Waals surface area (Å²) < 4.78 is 0. The van der Waals surface area contributed by atoms with Crippen LogP contribution in [0.15, 0.2) is 48.7 Å². The van der Waals surface area contributed by atoms with Crippen LogP contribution in [0.4, 0.5) is 5.69 Å². The second-order valence-corrected chi connectivity index (χ2v) is 4.76. The van der Waals surface area contributed by atoms with Gasteiger partial charge >= 0.3 is 0 Å². The molecule has 0 aliphatic heterocycles. The van der Waals surface area contributed by atoms with Crippen LogP contribution < -0.4 is 5.32 Å². The highest BCUT2D eigenvalue weighted by Crippen LogP contribution is 2.16. The number of carbonyl (C=O) groups excluding carboxylic acids is 2. The summed E-state index contributed by atoms with van der Waals surface area (Å²) in [6.07, 6.45) is 1.70. The molecule has 0 fully saturated rings. The first kappa shape index (κ1) is 13.1. The Bertz CT molecular complexity index is 836. The molecular weight excluding hydrogens is 266 g/mol. The highest BCUT2D eigenvalue weighted by molar-refractivity contribution is 6.06. The molecule has 0 saturated carbocycles. The molecule has 2 N–H and O–H groups in total. The Morgan fingerprint density at radius 2 is 1.95 bits per heavy atom. The van der Waals surface area contributed by atoms with Crippen LogP contribution in [0.5, 0.6) is 0 Å². The fraction of sp³-hybridized carbons (Fsp3) is 0.0625. The summed E-state index contributed by atoms with van der Waals surface area (Å²) in [7, 11) is 0. The Kier molecular flexibility index (Phi) is 3.23. The van der Waals surface area contributed by atoms with Crippen LogP contribution in [0.2, 0.25) is 0 Å². The minimum atomic E-state index is -0.229. The normalized spacial score (nSPS) is 10.5. The zero-order valence-electron chi connectivity index (χ0n) is 11.4. The number of nitrogens with zero attached hydrogens (tertiary/aromatic N) is 1. The molecule has 1 heterocycles. The number of anilines is 1. The van der Waals surface area contributed by atoms with E-state index < -0.39 is 0 Å². The van der Waals surface area contributed by atoms with E-state index in [2.05, 4.69) is 15.5 Å². The van der Waals surface area contributed by atoms with Crippen molar-refractivity contribution in [3.63, 3.8) is 0 Å². The Balaban J connectivity index is 1.85. The Hall–Kier alpha value is -2.95. The van der Waals surface area contributed by atoms with Crippen molar-refractivity contribution >= 4 is 28.3 Å². The van der Waals surface area contributed by atoms with E-state index in [1.165, 1.54) is 6.92 Å². The number of ketones is 1. The minimum Gasteiger partial charge on any atom is -0.322 e. The molecule has 0 atom stereocenters. The zero-order chi connectivity index (χ0) is 14.8. The van der Waals surface area contributed by atoms with E-state index in [4.69, 9.17) is 0 Å². The molecular formula is C16H13N3O2. The van der Waals surface area contributed by atoms with Crippen molar-refractivity contribution in [1.82, 2.24) is 10.2 Å². The molecule has 21 heavy (non-hydrogen) atoms. The molecule has 104 valence electrons. The summed E-state index contributed by atoms with van der Waals surface area (Å²) in [5.41, 5.74) is 2.49. The van der Waals surface area contributed by atoms with E-state index in [-0.39, 0.29) is 11.7 Å². The van der Waals surface area contributed by atoms with Crippen molar-refractivity contribution in [3.05, 3.63) is 59.8 Å². The number of fused-ring (bicyclic) bond motifs is 1. The third-order valence-corrected chi connectivity index (χ3v) is 3.23. The second-order valence-electron chi connectivity index (χ2n) is 4.76. The summed E-state index contributed by atoms with van der Waals surface area (Å²) in [6.45, 7) is 1.49. The number of nitrogens with one attached hydrogen (secondary N) is 2. The number of amides is 1. The number of aromatic amines is 1. The second kappa shape index (κ2) is 5.20. The van der Waals surface area contributed by atoms with Gasteiger partial charge in [0.15, 0.2) is 5.78 Å². The average molecular weight is 279 g/mol. The van der Waals surface area contributed by atoms with E-state index in [9.17, 15) is 9.59 Å². The molecule has 1 aromatic heterocycles. The van der Waals surface area contributed by atoms with Gasteiger partial charge in [-0.05, 0) is 31.2 Å². The van der Waals surface area contributed by atoms with Gasteiger partial charge in [0.1, 0.15) is 0 Å². The summed E-state index contributed by atoms with van der Waals surface area (Å²) in [4.78, 5) is 23.6. The Morgan fingerprint density at radius 1 is 1.10 bits per heavy atom. The summed E-state index contributed by atoms with van der Waals surface area (Å²) in [5.74, 6) is -0.266. The predicted octanol–water partition coefficient (Wildman–Crippen LogP) is 3.02. The van der Waals surface area contributed by atoms with Gasteiger partial charge in [0.05, 0.1) is 11.7 Å². The number of Topliss-reactive ketones (excluding diaryl/α,β-unsaturated/α-hetero) is 1. The van der Waals surface area contributed by atoms with Crippen molar-refractivity contribution in [3.8, 4) is 0 Å². The third-order valence-electron chi connectivity index (χ3n) is 3.23. The topological polar surface area (TPSA) is 74.8 Å². The molecule has 1 amide bonds. The lowest BCUT2D eigenvalue weighted by Gasteiger charge is -2.06. The van der Waals surface area contributed by atoms with Gasteiger partial charge in [-0.25, -0.2) is 0 Å².